The molecule has 1 aromatic rings. The van der Waals surface area contributed by atoms with Gasteiger partial charge in [-0.3, -0.25) is 9.59 Å². The molecule has 0 aliphatic carbocycles. The van der Waals surface area contributed by atoms with Gasteiger partial charge >= 0.3 is 0 Å². The molecule has 2 amide bonds. The van der Waals surface area contributed by atoms with Crippen LogP contribution in [0.25, 0.3) is 0 Å². The number of nitrogens with one attached hydrogen (secondary N) is 3. The van der Waals surface area contributed by atoms with Crippen LogP contribution >= 0.6 is 12.2 Å². The molecule has 0 heterocycles. The van der Waals surface area contributed by atoms with Crippen molar-refractivity contribution in [2.75, 3.05) is 5.32 Å². The highest BCUT2D eigenvalue weighted by Gasteiger charge is 2.10. The minimum absolute atomic E-state index is 0.100. The summed E-state index contributed by atoms with van der Waals surface area (Å²) in [4.78, 5) is 23.5. The topological polar surface area (TPSA) is 70.2 Å². The second-order valence-electron chi connectivity index (χ2n) is 5.46. The Balaban J connectivity index is 2.60. The first-order valence-corrected chi connectivity index (χ1v) is 7.77. The van der Waals surface area contributed by atoms with Gasteiger partial charge in [0.05, 0.1) is 0 Å². The number of carbonyl (C=O) groups is 2. The highest BCUT2D eigenvalue weighted by atomic mass is 32.1. The van der Waals surface area contributed by atoms with Crippen molar-refractivity contribution in [3.05, 3.63) is 29.8 Å². The summed E-state index contributed by atoms with van der Waals surface area (Å²) in [6, 6.07) is 7.07. The quantitative estimate of drug-likeness (QED) is 0.729. The fraction of sp³-hybridized carbons (Fsp3) is 0.438. The lowest BCUT2D eigenvalue weighted by Gasteiger charge is -2.13. The van der Waals surface area contributed by atoms with Crippen molar-refractivity contribution in [3.63, 3.8) is 0 Å². The summed E-state index contributed by atoms with van der Waals surface area (Å²) in [6.07, 6.45) is 0.884. The van der Waals surface area contributed by atoms with Crippen molar-refractivity contribution in [1.82, 2.24) is 10.6 Å². The summed E-state index contributed by atoms with van der Waals surface area (Å²) in [6.45, 7) is 7.57. The number of hydrogen-bond acceptors (Lipinski definition) is 3. The van der Waals surface area contributed by atoms with Gasteiger partial charge in [-0.25, -0.2) is 0 Å². The molecule has 1 aromatic carbocycles. The summed E-state index contributed by atoms with van der Waals surface area (Å²) in [5.74, 6) is -0.370. The van der Waals surface area contributed by atoms with E-state index in [9.17, 15) is 9.59 Å². The van der Waals surface area contributed by atoms with Crippen molar-refractivity contribution in [2.24, 2.45) is 5.92 Å². The fourth-order valence-electron chi connectivity index (χ4n) is 1.53. The number of hydrogen-bond donors (Lipinski definition) is 3. The Bertz CT molecular complexity index is 541. The molecule has 22 heavy (non-hydrogen) atoms. The number of amides is 2. The molecule has 1 atom stereocenters. The van der Waals surface area contributed by atoms with Crippen molar-refractivity contribution >= 4 is 34.8 Å². The van der Waals surface area contributed by atoms with Crippen LogP contribution in [-0.2, 0) is 4.79 Å². The second-order valence-corrected chi connectivity index (χ2v) is 5.87. The Morgan fingerprint density at radius 2 is 1.73 bits per heavy atom. The number of rotatable bonds is 5. The van der Waals surface area contributed by atoms with E-state index >= 15 is 0 Å². The molecule has 120 valence electrons. The van der Waals surface area contributed by atoms with Crippen LogP contribution in [0.15, 0.2) is 24.3 Å². The normalized spacial score (nSPS) is 11.7. The predicted octanol–water partition coefficient (Wildman–Crippen LogP) is 2.68. The summed E-state index contributed by atoms with van der Waals surface area (Å²) >= 11 is 5.07. The minimum Gasteiger partial charge on any atom is -0.350 e. The highest BCUT2D eigenvalue weighted by molar-refractivity contribution is 7.80. The van der Waals surface area contributed by atoms with Gasteiger partial charge in [0.2, 0.25) is 5.91 Å². The first-order valence-electron chi connectivity index (χ1n) is 7.36. The largest absolute Gasteiger partial charge is 0.350 e. The lowest BCUT2D eigenvalue weighted by Crippen LogP contribution is -2.36. The fourth-order valence-corrected chi connectivity index (χ4v) is 1.75. The highest BCUT2D eigenvalue weighted by Crippen LogP contribution is 2.10. The molecule has 0 aromatic heterocycles. The van der Waals surface area contributed by atoms with Gasteiger partial charge in [-0.05, 0) is 49.8 Å². The molecule has 3 N–H and O–H groups in total. The van der Waals surface area contributed by atoms with Crippen LogP contribution in [-0.4, -0.2) is 23.0 Å². The Hall–Kier alpha value is -1.95. The molecule has 0 aliphatic heterocycles. The first-order chi connectivity index (χ1) is 10.3. The van der Waals surface area contributed by atoms with Crippen molar-refractivity contribution in [1.29, 1.82) is 0 Å². The van der Waals surface area contributed by atoms with Crippen LogP contribution < -0.4 is 16.0 Å². The summed E-state index contributed by atoms with van der Waals surface area (Å²) in [5, 5.41) is 8.66. The third kappa shape index (κ3) is 5.81. The smallest absolute Gasteiger partial charge is 0.251 e. The lowest BCUT2D eigenvalue weighted by atomic mass is 10.1. The molecule has 5 nitrogen and oxygen atoms in total. The van der Waals surface area contributed by atoms with Crippen molar-refractivity contribution < 1.29 is 9.59 Å². The number of benzene rings is 1. The van der Waals surface area contributed by atoms with E-state index in [2.05, 4.69) is 16.0 Å². The molecule has 1 unspecified atom stereocenters. The van der Waals surface area contributed by atoms with Gasteiger partial charge < -0.3 is 16.0 Å². The van der Waals surface area contributed by atoms with Gasteiger partial charge in [-0.1, -0.05) is 20.8 Å². The third-order valence-corrected chi connectivity index (χ3v) is 3.36. The molecular formula is C16H23N3O2S. The summed E-state index contributed by atoms with van der Waals surface area (Å²) in [5.41, 5.74) is 1.30. The summed E-state index contributed by atoms with van der Waals surface area (Å²) < 4.78 is 0. The first kappa shape index (κ1) is 18.1. The Morgan fingerprint density at radius 1 is 1.14 bits per heavy atom. The van der Waals surface area contributed by atoms with Crippen LogP contribution in [0.5, 0.6) is 0 Å². The van der Waals surface area contributed by atoms with Gasteiger partial charge in [0, 0.05) is 23.2 Å². The number of thiocarbonyl (C=S) groups is 1. The van der Waals surface area contributed by atoms with E-state index < -0.39 is 0 Å². The monoisotopic (exact) mass is 321 g/mol. The standard InChI is InChI=1S/C16H23N3O2S/c1-5-11(4)17-15(21)12-6-8-13(9-7-12)18-16(22)19-14(20)10(2)3/h6-11H,5H2,1-4H3,(H,17,21)(H2,18,19,20,22). The third-order valence-electron chi connectivity index (χ3n) is 3.16. The van der Waals surface area contributed by atoms with E-state index in [0.717, 1.165) is 6.42 Å². The molecule has 0 saturated carbocycles. The average molecular weight is 321 g/mol. The number of carbonyl (C=O) groups excluding carboxylic acids is 2. The maximum atomic E-state index is 12.0. The zero-order valence-corrected chi connectivity index (χ0v) is 14.2. The molecule has 0 aliphatic rings. The zero-order chi connectivity index (χ0) is 16.7. The molecule has 0 spiro atoms. The van der Waals surface area contributed by atoms with Gasteiger partial charge in [0.25, 0.3) is 5.91 Å². The van der Waals surface area contributed by atoms with E-state index in [4.69, 9.17) is 12.2 Å². The molecule has 1 rings (SSSR count). The average Bonchev–Trinajstić information content (AvgIpc) is 2.47. The second kappa shape index (κ2) is 8.48. The van der Waals surface area contributed by atoms with Crippen LogP contribution in [0, 0.1) is 5.92 Å². The van der Waals surface area contributed by atoms with Crippen LogP contribution in [0.3, 0.4) is 0 Å². The number of anilines is 1. The van der Waals surface area contributed by atoms with E-state index in [0.29, 0.717) is 11.3 Å². The summed E-state index contributed by atoms with van der Waals surface area (Å²) in [7, 11) is 0. The van der Waals surface area contributed by atoms with E-state index in [1.54, 1.807) is 38.1 Å². The maximum Gasteiger partial charge on any atom is 0.251 e. The molecule has 0 saturated heterocycles. The van der Waals surface area contributed by atoms with Crippen LogP contribution in [0.1, 0.15) is 44.5 Å². The van der Waals surface area contributed by atoms with Crippen molar-refractivity contribution in [2.45, 2.75) is 40.2 Å². The van der Waals surface area contributed by atoms with Gasteiger partial charge in [0.1, 0.15) is 0 Å². The lowest BCUT2D eigenvalue weighted by molar-refractivity contribution is -0.122. The van der Waals surface area contributed by atoms with Gasteiger partial charge in [0.15, 0.2) is 5.11 Å². The Labute approximate surface area is 136 Å². The van der Waals surface area contributed by atoms with Gasteiger partial charge in [-0.2, -0.15) is 0 Å². The Morgan fingerprint density at radius 3 is 2.23 bits per heavy atom. The maximum absolute atomic E-state index is 12.0. The van der Waals surface area contributed by atoms with Crippen molar-refractivity contribution in [3.8, 4) is 0 Å². The van der Waals surface area contributed by atoms with Crippen LogP contribution in [0.4, 0.5) is 5.69 Å². The molecule has 0 fully saturated rings. The molecule has 6 heteroatoms. The molecule has 0 radical (unpaired) electrons. The minimum atomic E-state index is -0.137. The van der Waals surface area contributed by atoms with E-state index in [-0.39, 0.29) is 28.9 Å². The Kier molecular flexibility index (Phi) is 6.98. The molecular weight excluding hydrogens is 298 g/mol. The SMILES string of the molecule is CCC(C)NC(=O)c1ccc(NC(=S)NC(=O)C(C)C)cc1. The van der Waals surface area contributed by atoms with E-state index in [1.165, 1.54) is 0 Å². The van der Waals surface area contributed by atoms with E-state index in [1.807, 2.05) is 13.8 Å². The van der Waals surface area contributed by atoms with Gasteiger partial charge in [-0.15, -0.1) is 0 Å². The predicted molar refractivity (Wildman–Crippen MR) is 92.9 cm³/mol. The van der Waals surface area contributed by atoms with Crippen LogP contribution in [0.2, 0.25) is 0 Å². The molecule has 0 bridgehead atoms. The zero-order valence-electron chi connectivity index (χ0n) is 13.4.